The number of piperidine rings is 2. The van der Waals surface area contributed by atoms with Crippen molar-refractivity contribution in [2.24, 2.45) is 51.8 Å². The molecule has 10 rings (SSSR count). The minimum atomic E-state index is -2.02. The van der Waals surface area contributed by atoms with Crippen LogP contribution in [0.1, 0.15) is 136 Å². The second kappa shape index (κ2) is 19.9. The van der Waals surface area contributed by atoms with Crippen LogP contribution in [0.2, 0.25) is 0 Å². The van der Waals surface area contributed by atoms with Crippen LogP contribution < -0.4 is 5.32 Å². The van der Waals surface area contributed by atoms with Gasteiger partial charge in [-0.25, -0.2) is 14.4 Å². The van der Waals surface area contributed by atoms with Crippen molar-refractivity contribution in [3.63, 3.8) is 0 Å². The highest BCUT2D eigenvalue weighted by molar-refractivity contribution is 5.88. The number of carbonyl (C=O) groups excluding carboxylic acids is 5. The van der Waals surface area contributed by atoms with E-state index in [2.05, 4.69) is 25.7 Å². The number of ether oxygens (including phenoxy) is 6. The minimum absolute atomic E-state index is 0.0149. The quantitative estimate of drug-likeness (QED) is 0.0505. The van der Waals surface area contributed by atoms with Crippen molar-refractivity contribution < 1.29 is 67.1 Å². The SMILES string of the molecule is C=C[C@H](CCC(=O)OC(C)(C)C)C1CCC2C3C(C[C@H](O)[C@@]21C)[C@@]1(C)CCC(OC(=O)NCC(=O)OCOC(=O)OC(C(=O)OC2CC4C25CCC5[N+]42CCCC2)(c2ccccc2)c2ccccc2)CC1C[C@H]3O. The number of aliphatic hydroxyl groups excluding tert-OH is 2. The summed E-state index contributed by atoms with van der Waals surface area (Å²) in [6, 6.07) is 18.4. The molecular weight excluding hydrogens is 945 g/mol. The number of nitrogens with zero attached hydrogens (tertiary/aromatic N) is 1. The summed E-state index contributed by atoms with van der Waals surface area (Å²) >= 11 is 0. The highest BCUT2D eigenvalue weighted by Crippen LogP contribution is 2.74. The molecule has 3 N–H and O–H groups in total. The largest absolute Gasteiger partial charge is 0.513 e. The van der Waals surface area contributed by atoms with Gasteiger partial charge in [0.25, 0.3) is 5.60 Å². The zero-order valence-corrected chi connectivity index (χ0v) is 44.0. The van der Waals surface area contributed by atoms with Gasteiger partial charge in [0.15, 0.2) is 0 Å². The van der Waals surface area contributed by atoms with E-state index in [1.54, 1.807) is 60.7 Å². The Hall–Kier alpha value is -4.99. The average Bonchev–Trinajstić information content (AvgIpc) is 4.03. The number of nitrogens with one attached hydrogen (secondary N) is 1. The molecule has 0 bridgehead atoms. The Kier molecular flexibility index (Phi) is 14.1. The van der Waals surface area contributed by atoms with E-state index in [9.17, 15) is 34.2 Å². The molecule has 2 aromatic rings. The first-order chi connectivity index (χ1) is 35.3. The van der Waals surface area contributed by atoms with E-state index in [0.29, 0.717) is 55.3 Å². The normalized spacial score (nSPS) is 36.4. The first kappa shape index (κ1) is 52.5. The van der Waals surface area contributed by atoms with E-state index in [1.807, 2.05) is 26.8 Å². The number of hydrogen-bond acceptors (Lipinski definition) is 13. The molecule has 74 heavy (non-hydrogen) atoms. The van der Waals surface area contributed by atoms with Crippen LogP contribution in [0.4, 0.5) is 9.59 Å². The van der Waals surface area contributed by atoms with E-state index < -0.39 is 72.5 Å². The van der Waals surface area contributed by atoms with Gasteiger partial charge in [-0.1, -0.05) is 80.6 Å². The Morgan fingerprint density at radius 1 is 0.797 bits per heavy atom. The first-order valence-electron chi connectivity index (χ1n) is 27.6. The van der Waals surface area contributed by atoms with Crippen LogP contribution in [0.15, 0.2) is 73.3 Å². The third kappa shape index (κ3) is 8.72. The molecule has 2 saturated heterocycles. The van der Waals surface area contributed by atoms with Crippen molar-refractivity contribution in [2.45, 2.75) is 172 Å². The molecule has 15 heteroatoms. The van der Waals surface area contributed by atoms with Crippen molar-refractivity contribution in [1.82, 2.24) is 5.32 Å². The lowest BCUT2D eigenvalue weighted by Crippen LogP contribution is -2.94. The molecule has 8 aliphatic rings. The monoisotopic (exact) mass is 1020 g/mol. The van der Waals surface area contributed by atoms with Gasteiger partial charge in [0, 0.05) is 48.6 Å². The van der Waals surface area contributed by atoms with Crippen LogP contribution in [0.3, 0.4) is 0 Å². The Labute approximate surface area is 436 Å². The second-order valence-electron chi connectivity index (χ2n) is 24.9. The van der Waals surface area contributed by atoms with Crippen LogP contribution in [0.25, 0.3) is 0 Å². The van der Waals surface area contributed by atoms with Crippen molar-refractivity contribution in [1.29, 1.82) is 0 Å². The predicted molar refractivity (Wildman–Crippen MR) is 270 cm³/mol. The molecule has 6 saturated carbocycles. The number of quaternary nitrogens is 1. The molecule has 0 radical (unpaired) electrons. The number of esters is 3. The Balaban J connectivity index is 0.707. The molecule has 15 atom stereocenters. The molecule has 2 spiro atoms. The van der Waals surface area contributed by atoms with Gasteiger partial charge in [0.05, 0.1) is 25.3 Å². The van der Waals surface area contributed by atoms with Gasteiger partial charge in [-0.3, -0.25) is 9.59 Å². The second-order valence-corrected chi connectivity index (χ2v) is 24.9. The summed E-state index contributed by atoms with van der Waals surface area (Å²) in [7, 11) is 0. The van der Waals surface area contributed by atoms with Gasteiger partial charge in [-0.05, 0) is 119 Å². The molecule has 10 unspecified atom stereocenters. The standard InChI is InChI=1S/C59H78N2O13/c1-7-36(20-23-49(64)73-55(2,3)4)41-21-22-42-51-43(32-47(63)57(41,42)6)56(5)26-24-40(30-39(56)31-44(51)62)71-53(67)60-34-50(65)69-35-70-54(68)74-59(37-16-10-8-11-17-37,38-18-12-9-13-19-38)52(66)72-48-33-46-58(48)27-25-45(58)61(46)28-14-15-29-61/h7-13,16-19,36,39-48,51,62-63H,1,14-15,20-35H2,2-6H3/p+1/t36-,39?,40?,41?,42?,43?,44-,45?,46?,47+,48?,51?,56+,57-,58?/m1/s1. The van der Waals surface area contributed by atoms with Crippen LogP contribution in [0.5, 0.6) is 0 Å². The lowest BCUT2D eigenvalue weighted by atomic mass is 9.39. The fourth-order valence-electron chi connectivity index (χ4n) is 17.3. The van der Waals surface area contributed by atoms with Gasteiger partial charge in [-0.2, -0.15) is 0 Å². The fraction of sp³-hybridized carbons (Fsp3) is 0.678. The molecule has 402 valence electrons. The maximum absolute atomic E-state index is 14.7. The summed E-state index contributed by atoms with van der Waals surface area (Å²) in [5.41, 5.74) is -2.48. The summed E-state index contributed by atoms with van der Waals surface area (Å²) in [5.74, 6) is -1.44. The maximum atomic E-state index is 14.7. The van der Waals surface area contributed by atoms with Crippen LogP contribution in [-0.2, 0) is 48.4 Å². The lowest BCUT2D eigenvalue weighted by Gasteiger charge is -2.80. The summed E-state index contributed by atoms with van der Waals surface area (Å²) in [6.45, 7) is 15.2. The fourth-order valence-corrected chi connectivity index (χ4v) is 17.3. The average molecular weight is 1020 g/mol. The van der Waals surface area contributed by atoms with Gasteiger partial charge < -0.3 is 48.4 Å². The summed E-state index contributed by atoms with van der Waals surface area (Å²) < 4.78 is 35.5. The van der Waals surface area contributed by atoms with E-state index in [-0.39, 0.29) is 64.8 Å². The first-order valence-corrected chi connectivity index (χ1v) is 27.6. The molecule has 2 heterocycles. The van der Waals surface area contributed by atoms with E-state index in [1.165, 1.54) is 25.9 Å². The Morgan fingerprint density at radius 2 is 1.49 bits per heavy atom. The van der Waals surface area contributed by atoms with Crippen molar-refractivity contribution in [3.8, 4) is 0 Å². The number of alkyl carbamates (subject to hydrolysis) is 1. The molecule has 2 aromatic carbocycles. The molecule has 6 aliphatic carbocycles. The molecule has 8 fully saturated rings. The number of fused-ring (bicyclic) bond motifs is 7. The maximum Gasteiger partial charge on any atom is 0.513 e. The molecule has 2 aliphatic heterocycles. The smallest absolute Gasteiger partial charge is 0.460 e. The summed E-state index contributed by atoms with van der Waals surface area (Å²) in [4.78, 5) is 67.0. The number of allylic oxidation sites excluding steroid dienone is 1. The number of rotatable bonds is 15. The van der Waals surface area contributed by atoms with E-state index in [0.717, 1.165) is 43.0 Å². The zero-order chi connectivity index (χ0) is 52.4. The van der Waals surface area contributed by atoms with Crippen LogP contribution in [-0.4, -0.2) is 113 Å². The highest BCUT2D eigenvalue weighted by atomic mass is 16.8. The zero-order valence-electron chi connectivity index (χ0n) is 44.0. The predicted octanol–water partition coefficient (Wildman–Crippen LogP) is 8.66. The minimum Gasteiger partial charge on any atom is -0.460 e. The van der Waals surface area contributed by atoms with E-state index in [4.69, 9.17) is 28.4 Å². The highest BCUT2D eigenvalue weighted by Gasteiger charge is 2.86. The van der Waals surface area contributed by atoms with Gasteiger partial charge in [0.2, 0.25) is 6.79 Å². The number of hydrogen-bond donors (Lipinski definition) is 3. The van der Waals surface area contributed by atoms with Gasteiger partial charge in [-0.15, -0.1) is 6.58 Å². The summed E-state index contributed by atoms with van der Waals surface area (Å²) in [6.07, 6.45) is 9.06. The molecular formula is C59H79N2O13+. The number of amides is 1. The van der Waals surface area contributed by atoms with Crippen LogP contribution in [0, 0.1) is 51.8 Å². The Bertz CT molecular complexity index is 2390. The van der Waals surface area contributed by atoms with Crippen molar-refractivity contribution in [3.05, 3.63) is 84.4 Å². The molecule has 0 aromatic heterocycles. The number of benzene rings is 2. The van der Waals surface area contributed by atoms with Gasteiger partial charge in [0.1, 0.15) is 41.9 Å². The third-order valence-corrected chi connectivity index (χ3v) is 20.7. The third-order valence-electron chi connectivity index (χ3n) is 20.7. The number of aliphatic hydroxyl groups is 2. The van der Waals surface area contributed by atoms with Crippen LogP contribution >= 0.6 is 0 Å². The van der Waals surface area contributed by atoms with Crippen molar-refractivity contribution in [2.75, 3.05) is 26.4 Å². The van der Waals surface area contributed by atoms with Crippen molar-refractivity contribution >= 4 is 30.2 Å². The van der Waals surface area contributed by atoms with Gasteiger partial charge >= 0.3 is 30.2 Å². The topological polar surface area (TPSA) is 193 Å². The van der Waals surface area contributed by atoms with E-state index >= 15 is 0 Å². The summed E-state index contributed by atoms with van der Waals surface area (Å²) in [5, 5.41) is 26.6. The molecule has 1 amide bonds. The lowest BCUT2D eigenvalue weighted by molar-refractivity contribution is -1.05. The number of carbonyl (C=O) groups is 5. The molecule has 15 nitrogen and oxygen atoms in total. The Morgan fingerprint density at radius 3 is 2.11 bits per heavy atom.